The van der Waals surface area contributed by atoms with Crippen molar-refractivity contribution in [3.05, 3.63) is 78.1 Å². The molecule has 1 aromatic heterocycles. The van der Waals surface area contributed by atoms with E-state index in [9.17, 15) is 0 Å². The Balaban J connectivity index is 1.90. The minimum absolute atomic E-state index is 0.0759. The molecule has 3 aromatic rings. The van der Waals surface area contributed by atoms with Crippen LogP contribution >= 0.6 is 0 Å². The summed E-state index contributed by atoms with van der Waals surface area (Å²) in [5.41, 5.74) is 15.2. The number of nitrogens with zero attached hydrogens (tertiary/aromatic N) is 2. The first kappa shape index (κ1) is 18.7. The van der Waals surface area contributed by atoms with Gasteiger partial charge in [0.1, 0.15) is 12.0 Å². The highest BCUT2D eigenvalue weighted by atomic mass is 15.4. The zero-order valence-electron chi connectivity index (χ0n) is 15.9. The van der Waals surface area contributed by atoms with Crippen LogP contribution in [0.2, 0.25) is 0 Å². The van der Waals surface area contributed by atoms with Gasteiger partial charge in [-0.2, -0.15) is 0 Å². The molecular formula is C21H26N6. The molecule has 3 rings (SSSR count). The fourth-order valence-corrected chi connectivity index (χ4v) is 2.64. The Labute approximate surface area is 160 Å². The fraction of sp³-hybridized carbons (Fsp3) is 0.238. The second-order valence-corrected chi connectivity index (χ2v) is 7.38. The number of anilines is 3. The molecule has 0 aliphatic heterocycles. The van der Waals surface area contributed by atoms with E-state index < -0.39 is 0 Å². The number of hydrogen-bond donors (Lipinski definition) is 4. The standard InChI is InChI=1S/C21H26N6/c1-21(2,3)27-26-20-17(22)19(23-14-24-20)25-18(15-10-6-4-7-11-15)16-12-8-5-9-13-16/h4-14,18,27H,22H2,1-3H3,(H2,23,24,25,26). The lowest BCUT2D eigenvalue weighted by Gasteiger charge is -2.24. The summed E-state index contributed by atoms with van der Waals surface area (Å²) in [6.07, 6.45) is 1.50. The van der Waals surface area contributed by atoms with Crippen molar-refractivity contribution < 1.29 is 0 Å². The van der Waals surface area contributed by atoms with Crippen molar-refractivity contribution in [1.82, 2.24) is 15.4 Å². The second kappa shape index (κ2) is 8.05. The van der Waals surface area contributed by atoms with Gasteiger partial charge in [0, 0.05) is 5.54 Å². The van der Waals surface area contributed by atoms with E-state index in [-0.39, 0.29) is 11.6 Å². The second-order valence-electron chi connectivity index (χ2n) is 7.38. The van der Waals surface area contributed by atoms with E-state index in [1.807, 2.05) is 36.4 Å². The van der Waals surface area contributed by atoms with Crippen molar-refractivity contribution in [2.45, 2.75) is 32.4 Å². The SMILES string of the molecule is CC(C)(C)NNc1ncnc(NC(c2ccccc2)c2ccccc2)c1N. The van der Waals surface area contributed by atoms with Gasteiger partial charge in [0.05, 0.1) is 6.04 Å². The van der Waals surface area contributed by atoms with Crippen LogP contribution in [0, 0.1) is 0 Å². The quantitative estimate of drug-likeness (QED) is 0.496. The molecule has 2 aromatic carbocycles. The molecule has 0 saturated heterocycles. The molecule has 140 valence electrons. The van der Waals surface area contributed by atoms with Crippen LogP contribution in [0.3, 0.4) is 0 Å². The van der Waals surface area contributed by atoms with Gasteiger partial charge in [-0.15, -0.1) is 0 Å². The molecule has 0 aliphatic carbocycles. The molecule has 6 heteroatoms. The van der Waals surface area contributed by atoms with Crippen LogP contribution in [0.4, 0.5) is 17.3 Å². The highest BCUT2D eigenvalue weighted by Gasteiger charge is 2.18. The third-order valence-electron chi connectivity index (χ3n) is 3.99. The van der Waals surface area contributed by atoms with Gasteiger partial charge in [0.2, 0.25) is 0 Å². The van der Waals surface area contributed by atoms with E-state index in [2.05, 4.69) is 71.2 Å². The smallest absolute Gasteiger partial charge is 0.169 e. The molecule has 27 heavy (non-hydrogen) atoms. The van der Waals surface area contributed by atoms with Gasteiger partial charge in [-0.25, -0.2) is 15.4 Å². The van der Waals surface area contributed by atoms with Crippen LogP contribution in [0.15, 0.2) is 67.0 Å². The molecule has 0 fully saturated rings. The molecule has 0 spiro atoms. The summed E-state index contributed by atoms with van der Waals surface area (Å²) in [7, 11) is 0. The maximum absolute atomic E-state index is 6.33. The number of benzene rings is 2. The number of nitrogens with one attached hydrogen (secondary N) is 3. The van der Waals surface area contributed by atoms with Gasteiger partial charge in [-0.1, -0.05) is 60.7 Å². The lowest BCUT2D eigenvalue weighted by atomic mass is 9.99. The van der Waals surface area contributed by atoms with Crippen LogP contribution in [-0.4, -0.2) is 15.5 Å². The topological polar surface area (TPSA) is 87.9 Å². The summed E-state index contributed by atoms with van der Waals surface area (Å²) in [4.78, 5) is 8.60. The van der Waals surface area contributed by atoms with Crippen LogP contribution < -0.4 is 21.9 Å². The van der Waals surface area contributed by atoms with Gasteiger partial charge < -0.3 is 16.5 Å². The Kier molecular flexibility index (Phi) is 5.57. The maximum atomic E-state index is 6.33. The molecule has 0 unspecified atom stereocenters. The lowest BCUT2D eigenvalue weighted by molar-refractivity contribution is 0.464. The molecule has 5 N–H and O–H groups in total. The summed E-state index contributed by atoms with van der Waals surface area (Å²) in [5, 5.41) is 3.47. The van der Waals surface area contributed by atoms with E-state index in [1.54, 1.807) is 0 Å². The average Bonchev–Trinajstić information content (AvgIpc) is 2.67. The van der Waals surface area contributed by atoms with Crippen molar-refractivity contribution in [2.75, 3.05) is 16.5 Å². The molecule has 0 atom stereocenters. The van der Waals surface area contributed by atoms with Crippen molar-refractivity contribution in [3.8, 4) is 0 Å². The van der Waals surface area contributed by atoms with Crippen LogP contribution in [-0.2, 0) is 0 Å². The highest BCUT2D eigenvalue weighted by Crippen LogP contribution is 2.30. The Morgan fingerprint density at radius 3 is 1.85 bits per heavy atom. The third-order valence-corrected chi connectivity index (χ3v) is 3.99. The molecule has 0 radical (unpaired) electrons. The summed E-state index contributed by atoms with van der Waals surface area (Å²) in [6, 6.07) is 20.4. The first-order valence-corrected chi connectivity index (χ1v) is 8.94. The predicted molar refractivity (Wildman–Crippen MR) is 111 cm³/mol. The zero-order valence-corrected chi connectivity index (χ0v) is 15.9. The Bertz CT molecular complexity index is 819. The van der Waals surface area contributed by atoms with Crippen molar-refractivity contribution in [3.63, 3.8) is 0 Å². The Hall–Kier alpha value is -3.12. The average molecular weight is 362 g/mol. The van der Waals surface area contributed by atoms with Gasteiger partial charge in [0.15, 0.2) is 11.6 Å². The number of nitrogen functional groups attached to an aromatic ring is 1. The third kappa shape index (κ3) is 4.95. The van der Waals surface area contributed by atoms with Crippen molar-refractivity contribution >= 4 is 17.3 Å². The molecular weight excluding hydrogens is 336 g/mol. The van der Waals surface area contributed by atoms with E-state index in [4.69, 9.17) is 5.73 Å². The minimum atomic E-state index is -0.123. The van der Waals surface area contributed by atoms with Gasteiger partial charge in [-0.05, 0) is 31.9 Å². The Morgan fingerprint density at radius 1 is 0.815 bits per heavy atom. The molecule has 0 amide bonds. The van der Waals surface area contributed by atoms with Gasteiger partial charge in [0.25, 0.3) is 0 Å². The normalized spacial score (nSPS) is 11.4. The maximum Gasteiger partial charge on any atom is 0.169 e. The number of rotatable bonds is 6. The Morgan fingerprint density at radius 2 is 1.33 bits per heavy atom. The fourth-order valence-electron chi connectivity index (χ4n) is 2.64. The molecule has 1 heterocycles. The van der Waals surface area contributed by atoms with Crippen LogP contribution in [0.25, 0.3) is 0 Å². The molecule has 0 aliphatic rings. The summed E-state index contributed by atoms with van der Waals surface area (Å²) in [5.74, 6) is 1.13. The van der Waals surface area contributed by atoms with E-state index in [0.29, 0.717) is 17.3 Å². The van der Waals surface area contributed by atoms with Gasteiger partial charge >= 0.3 is 0 Å². The monoisotopic (exact) mass is 362 g/mol. The number of nitrogens with two attached hydrogens (primary N) is 1. The summed E-state index contributed by atoms with van der Waals surface area (Å²) >= 11 is 0. The van der Waals surface area contributed by atoms with Crippen molar-refractivity contribution in [1.29, 1.82) is 0 Å². The largest absolute Gasteiger partial charge is 0.393 e. The number of hydrogen-bond acceptors (Lipinski definition) is 6. The first-order chi connectivity index (χ1) is 12.9. The molecule has 0 bridgehead atoms. The number of hydrazine groups is 1. The summed E-state index contributed by atoms with van der Waals surface area (Å²) in [6.45, 7) is 6.16. The van der Waals surface area contributed by atoms with Crippen molar-refractivity contribution in [2.24, 2.45) is 0 Å². The van der Waals surface area contributed by atoms with E-state index in [1.165, 1.54) is 6.33 Å². The van der Waals surface area contributed by atoms with Crippen LogP contribution in [0.1, 0.15) is 37.9 Å². The number of aromatic nitrogens is 2. The van der Waals surface area contributed by atoms with Crippen LogP contribution in [0.5, 0.6) is 0 Å². The first-order valence-electron chi connectivity index (χ1n) is 8.94. The van der Waals surface area contributed by atoms with Gasteiger partial charge in [-0.3, -0.25) is 0 Å². The highest BCUT2D eigenvalue weighted by molar-refractivity contribution is 5.74. The zero-order chi connectivity index (χ0) is 19.3. The lowest BCUT2D eigenvalue weighted by Crippen LogP contribution is -2.40. The van der Waals surface area contributed by atoms with E-state index in [0.717, 1.165) is 11.1 Å². The minimum Gasteiger partial charge on any atom is -0.393 e. The van der Waals surface area contributed by atoms with E-state index >= 15 is 0 Å². The summed E-state index contributed by atoms with van der Waals surface area (Å²) < 4.78 is 0. The molecule has 6 nitrogen and oxygen atoms in total. The predicted octanol–water partition coefficient (Wildman–Crippen LogP) is 3.98. The molecule has 0 saturated carbocycles.